The molecule has 152 valence electrons. The van der Waals surface area contributed by atoms with Gasteiger partial charge in [0.25, 0.3) is 5.91 Å². The largest absolute Gasteiger partial charge is 0.872 e. The monoisotopic (exact) mass is 404 g/mol. The lowest BCUT2D eigenvalue weighted by Gasteiger charge is -2.25. The zero-order valence-corrected chi connectivity index (χ0v) is 16.5. The summed E-state index contributed by atoms with van der Waals surface area (Å²) in [5.41, 5.74) is 0.943. The van der Waals surface area contributed by atoms with Crippen molar-refractivity contribution in [1.29, 1.82) is 0 Å². The SMILES string of the molecule is COc1cccc(C([O-])=C2C(=O)C(=O)N(Cc3ccc[nH+]c3)C2c2ccc(C)o2)c1. The number of hydrogen-bond donors (Lipinski definition) is 0. The second-order valence-corrected chi connectivity index (χ2v) is 7.00. The van der Waals surface area contributed by atoms with E-state index in [2.05, 4.69) is 4.98 Å². The number of aryl methyl sites for hydroxylation is 1. The number of ketones is 1. The Kier molecular flexibility index (Phi) is 5.10. The van der Waals surface area contributed by atoms with Gasteiger partial charge in [-0.05, 0) is 42.8 Å². The molecule has 0 bridgehead atoms. The van der Waals surface area contributed by atoms with Gasteiger partial charge in [0.05, 0.1) is 13.7 Å². The van der Waals surface area contributed by atoms with Gasteiger partial charge in [0, 0.05) is 17.2 Å². The van der Waals surface area contributed by atoms with Gasteiger partial charge in [-0.25, -0.2) is 4.98 Å². The number of H-pyrrole nitrogens is 1. The summed E-state index contributed by atoms with van der Waals surface area (Å²) in [5, 5.41) is 13.3. The van der Waals surface area contributed by atoms with Gasteiger partial charge < -0.3 is 19.2 Å². The van der Waals surface area contributed by atoms with Crippen LogP contribution in [-0.2, 0) is 16.1 Å². The van der Waals surface area contributed by atoms with Crippen molar-refractivity contribution < 1.29 is 28.8 Å². The number of nitrogens with zero attached hydrogens (tertiary/aromatic N) is 1. The maximum absolute atomic E-state index is 13.3. The van der Waals surface area contributed by atoms with E-state index in [1.54, 1.807) is 61.8 Å². The van der Waals surface area contributed by atoms with Crippen LogP contribution < -0.4 is 14.8 Å². The molecule has 1 aliphatic rings. The highest BCUT2D eigenvalue weighted by atomic mass is 16.5. The summed E-state index contributed by atoms with van der Waals surface area (Å²) in [6.07, 6.45) is 3.49. The molecule has 0 radical (unpaired) electrons. The van der Waals surface area contributed by atoms with E-state index in [9.17, 15) is 14.7 Å². The number of ether oxygens (including phenoxy) is 1. The van der Waals surface area contributed by atoms with Crippen LogP contribution in [0.4, 0.5) is 0 Å². The molecule has 0 saturated carbocycles. The number of benzene rings is 1. The predicted octanol–water partition coefficient (Wildman–Crippen LogP) is 1.83. The number of pyridine rings is 1. The van der Waals surface area contributed by atoms with Crippen molar-refractivity contribution in [3.63, 3.8) is 0 Å². The van der Waals surface area contributed by atoms with E-state index in [0.717, 1.165) is 5.56 Å². The molecule has 3 heterocycles. The van der Waals surface area contributed by atoms with Gasteiger partial charge in [0.1, 0.15) is 23.3 Å². The highest BCUT2D eigenvalue weighted by Crippen LogP contribution is 2.40. The van der Waals surface area contributed by atoms with Crippen LogP contribution in [0.3, 0.4) is 0 Å². The Morgan fingerprint density at radius 2 is 2.03 bits per heavy atom. The topological polar surface area (TPSA) is 97.0 Å². The minimum atomic E-state index is -0.905. The number of rotatable bonds is 5. The molecule has 0 spiro atoms. The Balaban J connectivity index is 1.85. The molecule has 1 fully saturated rings. The fourth-order valence-electron chi connectivity index (χ4n) is 3.57. The van der Waals surface area contributed by atoms with Gasteiger partial charge in [-0.1, -0.05) is 17.9 Å². The lowest BCUT2D eigenvalue weighted by atomic mass is 9.99. The van der Waals surface area contributed by atoms with E-state index in [4.69, 9.17) is 9.15 Å². The molecule has 30 heavy (non-hydrogen) atoms. The maximum Gasteiger partial charge on any atom is 0.295 e. The second kappa shape index (κ2) is 7.87. The Hall–Kier alpha value is -3.87. The first-order valence-corrected chi connectivity index (χ1v) is 9.42. The Labute approximate surface area is 173 Å². The number of Topliss-reactive ketones (excluding diaryl/α,β-unsaturated/α-hetero) is 1. The lowest BCUT2D eigenvalue weighted by Crippen LogP contribution is -2.29. The molecule has 1 amide bonds. The number of hydrogen-bond acceptors (Lipinski definition) is 5. The average molecular weight is 404 g/mol. The third-order valence-electron chi connectivity index (χ3n) is 5.02. The van der Waals surface area contributed by atoms with E-state index in [1.807, 2.05) is 6.07 Å². The van der Waals surface area contributed by atoms with E-state index in [0.29, 0.717) is 17.3 Å². The number of likely N-dealkylation sites (tertiary alicyclic amines) is 1. The molecular formula is C23H20N2O5. The minimum Gasteiger partial charge on any atom is -0.872 e. The van der Waals surface area contributed by atoms with Crippen LogP contribution in [0.15, 0.2) is 70.9 Å². The van der Waals surface area contributed by atoms with E-state index < -0.39 is 23.5 Å². The third kappa shape index (κ3) is 3.45. The van der Waals surface area contributed by atoms with Crippen LogP contribution in [0, 0.1) is 6.92 Å². The number of furan rings is 1. The van der Waals surface area contributed by atoms with Gasteiger partial charge in [-0.2, -0.15) is 0 Å². The molecule has 7 nitrogen and oxygen atoms in total. The molecule has 7 heteroatoms. The normalized spacial score (nSPS) is 18.1. The number of carbonyl (C=O) groups is 2. The number of nitrogens with one attached hydrogen (secondary N) is 1. The van der Waals surface area contributed by atoms with Crippen LogP contribution in [-0.4, -0.2) is 23.7 Å². The Bertz CT molecular complexity index is 1130. The summed E-state index contributed by atoms with van der Waals surface area (Å²) < 4.78 is 10.9. The van der Waals surface area contributed by atoms with Gasteiger partial charge in [0.2, 0.25) is 5.78 Å². The number of amides is 1. The summed E-state index contributed by atoms with van der Waals surface area (Å²) in [6, 6.07) is 12.7. The Morgan fingerprint density at radius 1 is 1.20 bits per heavy atom. The van der Waals surface area contributed by atoms with Crippen LogP contribution in [0.5, 0.6) is 5.75 Å². The summed E-state index contributed by atoms with van der Waals surface area (Å²) in [4.78, 5) is 30.2. The molecule has 0 aliphatic carbocycles. The lowest BCUT2D eigenvalue weighted by molar-refractivity contribution is -0.378. The molecule has 1 aliphatic heterocycles. The van der Waals surface area contributed by atoms with Crippen molar-refractivity contribution in [1.82, 2.24) is 4.90 Å². The van der Waals surface area contributed by atoms with Crippen molar-refractivity contribution in [2.45, 2.75) is 19.5 Å². The highest BCUT2D eigenvalue weighted by molar-refractivity contribution is 6.46. The molecule has 1 aromatic carbocycles. The van der Waals surface area contributed by atoms with Crippen molar-refractivity contribution in [2.24, 2.45) is 0 Å². The first kappa shape index (κ1) is 19.4. The smallest absolute Gasteiger partial charge is 0.295 e. The van der Waals surface area contributed by atoms with Crippen LogP contribution in [0.25, 0.3) is 5.76 Å². The standard InChI is InChI=1S/C23H20N2O5/c1-14-8-9-18(30-14)20-19(21(26)16-6-3-7-17(11-16)29-2)22(27)23(28)25(20)13-15-5-4-10-24-12-15/h3-12,20,26H,13H2,1-2H3. The average Bonchev–Trinajstić information content (AvgIpc) is 3.30. The van der Waals surface area contributed by atoms with Crippen molar-refractivity contribution in [3.05, 3.63) is 89.1 Å². The van der Waals surface area contributed by atoms with Crippen molar-refractivity contribution in [3.8, 4) is 5.75 Å². The van der Waals surface area contributed by atoms with Gasteiger partial charge >= 0.3 is 0 Å². The van der Waals surface area contributed by atoms with Gasteiger partial charge in [0.15, 0.2) is 12.4 Å². The zero-order valence-electron chi connectivity index (χ0n) is 16.5. The summed E-state index contributed by atoms with van der Waals surface area (Å²) in [7, 11) is 1.49. The third-order valence-corrected chi connectivity index (χ3v) is 5.02. The Morgan fingerprint density at radius 3 is 2.70 bits per heavy atom. The molecule has 1 atom stereocenters. The highest BCUT2D eigenvalue weighted by Gasteiger charge is 2.45. The van der Waals surface area contributed by atoms with Crippen LogP contribution >= 0.6 is 0 Å². The maximum atomic E-state index is 13.3. The summed E-state index contributed by atoms with van der Waals surface area (Å²) in [5.74, 6) is -0.588. The van der Waals surface area contributed by atoms with Crippen molar-refractivity contribution >= 4 is 17.4 Å². The van der Waals surface area contributed by atoms with Gasteiger partial charge in [-0.15, -0.1) is 0 Å². The first-order valence-electron chi connectivity index (χ1n) is 9.42. The predicted molar refractivity (Wildman–Crippen MR) is 105 cm³/mol. The van der Waals surface area contributed by atoms with Gasteiger partial charge in [-0.3, -0.25) is 9.59 Å². The molecule has 4 rings (SSSR count). The summed E-state index contributed by atoms with van der Waals surface area (Å²) in [6.45, 7) is 1.92. The fourth-order valence-corrected chi connectivity index (χ4v) is 3.57. The number of aromatic nitrogens is 1. The summed E-state index contributed by atoms with van der Waals surface area (Å²) >= 11 is 0. The number of carbonyl (C=O) groups excluding carboxylic acids is 2. The molecule has 1 N–H and O–H groups in total. The van der Waals surface area contributed by atoms with E-state index >= 15 is 0 Å². The van der Waals surface area contributed by atoms with Crippen molar-refractivity contribution in [2.75, 3.05) is 7.11 Å². The molecule has 2 aromatic heterocycles. The molecular weight excluding hydrogens is 384 g/mol. The molecule has 1 saturated heterocycles. The van der Waals surface area contributed by atoms with E-state index in [-0.39, 0.29) is 17.7 Å². The second-order valence-electron chi connectivity index (χ2n) is 7.00. The van der Waals surface area contributed by atoms with E-state index in [1.165, 1.54) is 12.0 Å². The fraction of sp³-hybridized carbons (Fsp3) is 0.174. The quantitative estimate of drug-likeness (QED) is 0.367. The molecule has 3 aromatic rings. The number of methoxy groups -OCH3 is 1. The van der Waals surface area contributed by atoms with Crippen LogP contribution in [0.1, 0.15) is 28.7 Å². The molecule has 1 unspecified atom stereocenters. The first-order chi connectivity index (χ1) is 14.5. The minimum absolute atomic E-state index is 0.123. The number of aromatic amines is 1. The zero-order chi connectivity index (χ0) is 21.3. The van der Waals surface area contributed by atoms with Crippen LogP contribution in [0.2, 0.25) is 0 Å².